The monoisotopic (exact) mass is 187 g/mol. The predicted molar refractivity (Wildman–Crippen MR) is 56.6 cm³/mol. The lowest BCUT2D eigenvalue weighted by atomic mass is 10.0. The summed E-state index contributed by atoms with van der Waals surface area (Å²) in [4.78, 5) is 0. The first-order chi connectivity index (χ1) is 6.79. The van der Waals surface area contributed by atoms with Gasteiger partial charge in [-0.25, -0.2) is 0 Å². The molecule has 2 nitrogen and oxygen atoms in total. The molecular weight excluding hydrogens is 174 g/mol. The molecule has 0 aliphatic carbocycles. The average molecular weight is 187 g/mol. The van der Waals surface area contributed by atoms with Gasteiger partial charge in [-0.1, -0.05) is 24.3 Å². The Morgan fingerprint density at radius 1 is 1.50 bits per heavy atom. The fraction of sp³-hybridized carbons (Fsp3) is 0.250. The second-order valence-corrected chi connectivity index (χ2v) is 3.05. The SMILES string of the molecule is Cc1c(C#N)cccc1C=CCCO. The van der Waals surface area contributed by atoms with E-state index in [1.807, 2.05) is 31.2 Å². The van der Waals surface area contributed by atoms with Crippen LogP contribution in [0, 0.1) is 18.3 Å². The first kappa shape index (κ1) is 10.5. The summed E-state index contributed by atoms with van der Waals surface area (Å²) >= 11 is 0. The summed E-state index contributed by atoms with van der Waals surface area (Å²) < 4.78 is 0. The van der Waals surface area contributed by atoms with Crippen molar-refractivity contribution in [3.63, 3.8) is 0 Å². The molecule has 1 N–H and O–H groups in total. The van der Waals surface area contributed by atoms with E-state index in [0.717, 1.165) is 11.1 Å². The molecule has 1 rings (SSSR count). The second kappa shape index (κ2) is 5.21. The maximum atomic E-state index is 8.80. The van der Waals surface area contributed by atoms with E-state index < -0.39 is 0 Å². The van der Waals surface area contributed by atoms with Crippen molar-refractivity contribution in [2.75, 3.05) is 6.61 Å². The predicted octanol–water partition coefficient (Wildman–Crippen LogP) is 2.26. The maximum Gasteiger partial charge on any atom is 0.0994 e. The Bertz CT molecular complexity index is 374. The molecule has 1 aromatic rings. The molecule has 0 fully saturated rings. The average Bonchev–Trinajstić information content (AvgIpc) is 2.21. The summed E-state index contributed by atoms with van der Waals surface area (Å²) in [6.45, 7) is 2.09. The zero-order chi connectivity index (χ0) is 10.4. The van der Waals surface area contributed by atoms with Crippen molar-refractivity contribution in [2.24, 2.45) is 0 Å². The van der Waals surface area contributed by atoms with Gasteiger partial charge in [0.1, 0.15) is 0 Å². The summed E-state index contributed by atoms with van der Waals surface area (Å²) in [5, 5.41) is 17.4. The second-order valence-electron chi connectivity index (χ2n) is 3.05. The molecule has 14 heavy (non-hydrogen) atoms. The standard InChI is InChI=1S/C12H13NO/c1-10-11(5-2-3-8-14)6-4-7-12(10)9-13/h2,4-7,14H,3,8H2,1H3. The number of nitrogens with zero attached hydrogens (tertiary/aromatic N) is 1. The first-order valence-electron chi connectivity index (χ1n) is 4.56. The molecule has 0 unspecified atom stereocenters. The van der Waals surface area contributed by atoms with Crippen LogP contribution in [-0.4, -0.2) is 11.7 Å². The lowest BCUT2D eigenvalue weighted by Crippen LogP contribution is -1.86. The number of hydrogen-bond acceptors (Lipinski definition) is 2. The molecule has 0 radical (unpaired) electrons. The molecule has 0 aliphatic rings. The van der Waals surface area contributed by atoms with Crippen molar-refractivity contribution < 1.29 is 5.11 Å². The molecule has 0 amide bonds. The highest BCUT2D eigenvalue weighted by molar-refractivity contribution is 5.57. The molecule has 0 atom stereocenters. The lowest BCUT2D eigenvalue weighted by molar-refractivity contribution is 0.303. The van der Waals surface area contributed by atoms with Gasteiger partial charge in [0, 0.05) is 6.61 Å². The summed E-state index contributed by atoms with van der Waals surface area (Å²) in [7, 11) is 0. The van der Waals surface area contributed by atoms with Crippen molar-refractivity contribution in [1.29, 1.82) is 5.26 Å². The lowest BCUT2D eigenvalue weighted by Gasteiger charge is -2.01. The van der Waals surface area contributed by atoms with Gasteiger partial charge in [-0.2, -0.15) is 5.26 Å². The number of nitriles is 1. The fourth-order valence-corrected chi connectivity index (χ4v) is 1.24. The number of hydrogen-bond donors (Lipinski definition) is 1. The normalized spacial score (nSPS) is 10.4. The Labute approximate surface area is 84.1 Å². The molecule has 72 valence electrons. The van der Waals surface area contributed by atoms with Crippen molar-refractivity contribution in [1.82, 2.24) is 0 Å². The van der Waals surface area contributed by atoms with Gasteiger partial charge in [0.2, 0.25) is 0 Å². The molecule has 1 aromatic carbocycles. The molecule has 0 spiro atoms. The summed E-state index contributed by atoms with van der Waals surface area (Å²) in [5.41, 5.74) is 2.73. The van der Waals surface area contributed by atoms with Crippen LogP contribution in [-0.2, 0) is 0 Å². The topological polar surface area (TPSA) is 44.0 Å². The summed E-state index contributed by atoms with van der Waals surface area (Å²) in [5.74, 6) is 0. The number of rotatable bonds is 3. The molecule has 0 bridgehead atoms. The minimum Gasteiger partial charge on any atom is -0.396 e. The van der Waals surface area contributed by atoms with Gasteiger partial charge in [0.15, 0.2) is 0 Å². The first-order valence-corrected chi connectivity index (χ1v) is 4.56. The van der Waals surface area contributed by atoms with Crippen LogP contribution in [0.5, 0.6) is 0 Å². The summed E-state index contributed by atoms with van der Waals surface area (Å²) in [6.07, 6.45) is 4.49. The maximum absolute atomic E-state index is 8.80. The molecule has 0 saturated heterocycles. The Morgan fingerprint density at radius 2 is 2.29 bits per heavy atom. The Morgan fingerprint density at radius 3 is 2.93 bits per heavy atom. The van der Waals surface area contributed by atoms with Crippen molar-refractivity contribution in [3.05, 3.63) is 41.0 Å². The third kappa shape index (κ3) is 2.45. The van der Waals surface area contributed by atoms with E-state index in [2.05, 4.69) is 6.07 Å². The third-order valence-corrected chi connectivity index (χ3v) is 2.09. The van der Waals surface area contributed by atoms with Crippen LogP contribution in [0.15, 0.2) is 24.3 Å². The molecule has 0 heterocycles. The highest BCUT2D eigenvalue weighted by Crippen LogP contribution is 2.14. The number of benzene rings is 1. The zero-order valence-electron chi connectivity index (χ0n) is 8.20. The number of aliphatic hydroxyl groups is 1. The van der Waals surface area contributed by atoms with Crippen molar-refractivity contribution in [2.45, 2.75) is 13.3 Å². The molecule has 2 heteroatoms. The van der Waals surface area contributed by atoms with E-state index in [1.165, 1.54) is 0 Å². The van der Waals surface area contributed by atoms with Crippen LogP contribution in [0.4, 0.5) is 0 Å². The van der Waals surface area contributed by atoms with Crippen LogP contribution in [0.3, 0.4) is 0 Å². The van der Waals surface area contributed by atoms with Gasteiger partial charge >= 0.3 is 0 Å². The minimum absolute atomic E-state index is 0.160. The van der Waals surface area contributed by atoms with E-state index in [4.69, 9.17) is 10.4 Å². The van der Waals surface area contributed by atoms with Gasteiger partial charge < -0.3 is 5.11 Å². The third-order valence-electron chi connectivity index (χ3n) is 2.09. The van der Waals surface area contributed by atoms with Crippen LogP contribution >= 0.6 is 0 Å². The van der Waals surface area contributed by atoms with E-state index in [-0.39, 0.29) is 6.61 Å². The van der Waals surface area contributed by atoms with Crippen molar-refractivity contribution >= 4 is 6.08 Å². The molecule has 0 saturated carbocycles. The van der Waals surface area contributed by atoms with E-state index in [0.29, 0.717) is 12.0 Å². The van der Waals surface area contributed by atoms with Crippen LogP contribution in [0.2, 0.25) is 0 Å². The highest BCUT2D eigenvalue weighted by atomic mass is 16.2. The molecule has 0 aromatic heterocycles. The van der Waals surface area contributed by atoms with Gasteiger partial charge in [-0.15, -0.1) is 0 Å². The smallest absolute Gasteiger partial charge is 0.0994 e. The summed E-state index contributed by atoms with van der Waals surface area (Å²) in [6, 6.07) is 7.77. The van der Waals surface area contributed by atoms with Gasteiger partial charge in [-0.3, -0.25) is 0 Å². The highest BCUT2D eigenvalue weighted by Gasteiger charge is 1.99. The van der Waals surface area contributed by atoms with Crippen LogP contribution in [0.25, 0.3) is 6.08 Å². The van der Waals surface area contributed by atoms with Gasteiger partial charge in [0.05, 0.1) is 11.6 Å². The number of aliphatic hydroxyl groups excluding tert-OH is 1. The van der Waals surface area contributed by atoms with E-state index in [9.17, 15) is 0 Å². The molecule has 0 aliphatic heterocycles. The Hall–Kier alpha value is -1.59. The van der Waals surface area contributed by atoms with Crippen molar-refractivity contribution in [3.8, 4) is 6.07 Å². The zero-order valence-corrected chi connectivity index (χ0v) is 8.20. The minimum atomic E-state index is 0.160. The van der Waals surface area contributed by atoms with E-state index in [1.54, 1.807) is 6.07 Å². The quantitative estimate of drug-likeness (QED) is 0.788. The fourth-order valence-electron chi connectivity index (χ4n) is 1.24. The van der Waals surface area contributed by atoms with Crippen LogP contribution < -0.4 is 0 Å². The van der Waals surface area contributed by atoms with Crippen LogP contribution in [0.1, 0.15) is 23.1 Å². The molecular formula is C12H13NO. The Kier molecular flexibility index (Phi) is 3.90. The van der Waals surface area contributed by atoms with E-state index >= 15 is 0 Å². The Balaban J connectivity index is 2.94. The largest absolute Gasteiger partial charge is 0.396 e. The van der Waals surface area contributed by atoms with Gasteiger partial charge in [0.25, 0.3) is 0 Å². The van der Waals surface area contributed by atoms with Gasteiger partial charge in [-0.05, 0) is 30.5 Å².